The second kappa shape index (κ2) is 5.20. The summed E-state index contributed by atoms with van der Waals surface area (Å²) in [5.41, 5.74) is 1.40. The molecule has 0 heterocycles. The summed E-state index contributed by atoms with van der Waals surface area (Å²) < 4.78 is 0. The van der Waals surface area contributed by atoms with Gasteiger partial charge in [-0.25, -0.2) is 0 Å². The number of nitrogens with one attached hydrogen (secondary N) is 1. The van der Waals surface area contributed by atoms with Crippen molar-refractivity contribution in [2.45, 2.75) is 6.92 Å². The van der Waals surface area contributed by atoms with Gasteiger partial charge in [0.05, 0.1) is 0 Å². The van der Waals surface area contributed by atoms with E-state index in [-0.39, 0.29) is 11.3 Å². The molecule has 0 aliphatic heterocycles. The minimum Gasteiger partial charge on any atom is -0.345 e. The van der Waals surface area contributed by atoms with Crippen LogP contribution in [0.15, 0.2) is 35.5 Å². The lowest BCUT2D eigenvalue weighted by molar-refractivity contribution is 1.35. The minimum absolute atomic E-state index is 0.0284. The molecule has 0 atom stereocenters. The minimum atomic E-state index is -0.217. The van der Waals surface area contributed by atoms with Crippen molar-refractivity contribution in [1.29, 1.82) is 15.8 Å². The summed E-state index contributed by atoms with van der Waals surface area (Å²) in [6.07, 6.45) is 0. The van der Waals surface area contributed by atoms with Gasteiger partial charge in [0, 0.05) is 5.69 Å². The summed E-state index contributed by atoms with van der Waals surface area (Å²) in [6.45, 7) is 1.87. The lowest BCUT2D eigenvalue weighted by Gasteiger charge is -2.07. The Labute approximate surface area is 93.7 Å². The number of hydrogen-bond acceptors (Lipinski definition) is 4. The van der Waals surface area contributed by atoms with Crippen molar-refractivity contribution in [2.24, 2.45) is 0 Å². The maximum absolute atomic E-state index is 8.84. The SMILES string of the molecule is Cc1ccccc1NC(C#N)=C(C#N)C#N. The van der Waals surface area contributed by atoms with Gasteiger partial charge in [-0.3, -0.25) is 0 Å². The van der Waals surface area contributed by atoms with Crippen molar-refractivity contribution < 1.29 is 0 Å². The summed E-state index contributed by atoms with van der Waals surface area (Å²) in [7, 11) is 0. The molecule has 0 aliphatic rings. The van der Waals surface area contributed by atoms with E-state index in [2.05, 4.69) is 5.32 Å². The third kappa shape index (κ3) is 2.38. The number of nitriles is 3. The highest BCUT2D eigenvalue weighted by atomic mass is 14.9. The van der Waals surface area contributed by atoms with Gasteiger partial charge in [0.2, 0.25) is 0 Å². The van der Waals surface area contributed by atoms with E-state index in [1.165, 1.54) is 0 Å². The molecular weight excluding hydrogens is 200 g/mol. The molecular formula is C12H8N4. The molecule has 0 saturated heterocycles. The van der Waals surface area contributed by atoms with Crippen LogP contribution in [0.3, 0.4) is 0 Å². The van der Waals surface area contributed by atoms with E-state index in [1.807, 2.05) is 25.1 Å². The molecule has 0 saturated carbocycles. The molecule has 0 spiro atoms. The second-order valence-electron chi connectivity index (χ2n) is 3.03. The van der Waals surface area contributed by atoms with E-state index in [0.717, 1.165) is 5.56 Å². The van der Waals surface area contributed by atoms with E-state index < -0.39 is 0 Å². The monoisotopic (exact) mass is 208 g/mol. The zero-order chi connectivity index (χ0) is 12.0. The van der Waals surface area contributed by atoms with E-state index in [9.17, 15) is 0 Å². The number of anilines is 1. The van der Waals surface area contributed by atoms with Gasteiger partial charge in [-0.1, -0.05) is 18.2 Å². The highest BCUT2D eigenvalue weighted by molar-refractivity contribution is 5.61. The molecule has 1 aromatic rings. The maximum atomic E-state index is 8.84. The lowest BCUT2D eigenvalue weighted by atomic mass is 10.2. The average Bonchev–Trinajstić information content (AvgIpc) is 2.31. The normalized spacial score (nSPS) is 8.12. The van der Waals surface area contributed by atoms with E-state index in [4.69, 9.17) is 15.8 Å². The van der Waals surface area contributed by atoms with Gasteiger partial charge in [0.1, 0.15) is 23.9 Å². The van der Waals surface area contributed by atoms with Gasteiger partial charge in [-0.05, 0) is 18.6 Å². The molecule has 1 rings (SSSR count). The Kier molecular flexibility index (Phi) is 3.67. The summed E-state index contributed by atoms with van der Waals surface area (Å²) in [6, 6.07) is 12.5. The van der Waals surface area contributed by atoms with Crippen LogP contribution in [0.25, 0.3) is 0 Å². The van der Waals surface area contributed by atoms with Crippen molar-refractivity contribution in [3.8, 4) is 18.2 Å². The topological polar surface area (TPSA) is 83.4 Å². The van der Waals surface area contributed by atoms with E-state index >= 15 is 0 Å². The van der Waals surface area contributed by atoms with Crippen LogP contribution in [-0.2, 0) is 0 Å². The Balaban J connectivity index is 3.13. The first-order valence-corrected chi connectivity index (χ1v) is 4.50. The third-order valence-corrected chi connectivity index (χ3v) is 1.99. The fourth-order valence-corrected chi connectivity index (χ4v) is 1.13. The van der Waals surface area contributed by atoms with Crippen molar-refractivity contribution in [3.05, 3.63) is 41.1 Å². The van der Waals surface area contributed by atoms with Crippen molar-refractivity contribution in [2.75, 3.05) is 5.32 Å². The summed E-state index contributed by atoms with van der Waals surface area (Å²) in [5.74, 6) is 0. The first kappa shape index (κ1) is 11.3. The van der Waals surface area contributed by atoms with Crippen LogP contribution in [0, 0.1) is 40.9 Å². The highest BCUT2D eigenvalue weighted by Gasteiger charge is 2.06. The highest BCUT2D eigenvalue weighted by Crippen LogP contribution is 2.16. The van der Waals surface area contributed by atoms with Gasteiger partial charge in [-0.2, -0.15) is 15.8 Å². The van der Waals surface area contributed by atoms with Gasteiger partial charge >= 0.3 is 0 Å². The number of benzene rings is 1. The lowest BCUT2D eigenvalue weighted by Crippen LogP contribution is -2.01. The molecule has 0 bridgehead atoms. The zero-order valence-electron chi connectivity index (χ0n) is 8.65. The fourth-order valence-electron chi connectivity index (χ4n) is 1.13. The molecule has 0 radical (unpaired) electrons. The number of para-hydroxylation sites is 1. The Bertz CT molecular complexity index is 534. The van der Waals surface area contributed by atoms with Crippen LogP contribution in [0.5, 0.6) is 0 Å². The second-order valence-corrected chi connectivity index (χ2v) is 3.03. The first-order chi connectivity index (χ1) is 7.72. The molecule has 0 aromatic heterocycles. The number of hydrogen-bond donors (Lipinski definition) is 1. The number of allylic oxidation sites excluding steroid dienone is 2. The standard InChI is InChI=1S/C12H8N4/c1-9-4-2-3-5-11(9)16-12(8-15)10(6-13)7-14/h2-5,16H,1H3. The van der Waals surface area contributed by atoms with Crippen LogP contribution >= 0.6 is 0 Å². The summed E-state index contributed by atoms with van der Waals surface area (Å²) >= 11 is 0. The molecule has 0 aliphatic carbocycles. The first-order valence-electron chi connectivity index (χ1n) is 4.50. The largest absolute Gasteiger partial charge is 0.345 e. The van der Waals surface area contributed by atoms with Crippen LogP contribution in [-0.4, -0.2) is 0 Å². The molecule has 76 valence electrons. The van der Waals surface area contributed by atoms with Gasteiger partial charge in [0.25, 0.3) is 0 Å². The summed E-state index contributed by atoms with van der Waals surface area (Å²) in [5, 5.41) is 28.9. The van der Waals surface area contributed by atoms with Gasteiger partial charge < -0.3 is 5.32 Å². The molecule has 1 aromatic carbocycles. The number of rotatable bonds is 2. The molecule has 0 unspecified atom stereocenters. The van der Waals surface area contributed by atoms with Gasteiger partial charge in [-0.15, -0.1) is 0 Å². The molecule has 0 amide bonds. The summed E-state index contributed by atoms with van der Waals surface area (Å²) in [4.78, 5) is 0. The molecule has 1 N–H and O–H groups in total. The molecule has 16 heavy (non-hydrogen) atoms. The van der Waals surface area contributed by atoms with E-state index in [0.29, 0.717) is 5.69 Å². The number of aryl methyl sites for hydroxylation is 1. The predicted octanol–water partition coefficient (Wildman–Crippen LogP) is 2.23. The third-order valence-electron chi connectivity index (χ3n) is 1.99. The van der Waals surface area contributed by atoms with E-state index in [1.54, 1.807) is 24.3 Å². The number of nitrogens with zero attached hydrogens (tertiary/aromatic N) is 3. The van der Waals surface area contributed by atoms with Crippen molar-refractivity contribution in [1.82, 2.24) is 0 Å². The molecule has 4 heteroatoms. The quantitative estimate of drug-likeness (QED) is 0.755. The molecule has 0 fully saturated rings. The predicted molar refractivity (Wildman–Crippen MR) is 58.7 cm³/mol. The van der Waals surface area contributed by atoms with Gasteiger partial charge in [0.15, 0.2) is 5.57 Å². The maximum Gasteiger partial charge on any atom is 0.163 e. The smallest absolute Gasteiger partial charge is 0.163 e. The van der Waals surface area contributed by atoms with Crippen molar-refractivity contribution in [3.63, 3.8) is 0 Å². The van der Waals surface area contributed by atoms with Crippen molar-refractivity contribution >= 4 is 5.69 Å². The Hall–Kier alpha value is -2.77. The fraction of sp³-hybridized carbons (Fsp3) is 0.0833. The van der Waals surface area contributed by atoms with Crippen LogP contribution < -0.4 is 5.32 Å². The Morgan fingerprint density at radius 3 is 2.19 bits per heavy atom. The molecule has 4 nitrogen and oxygen atoms in total. The van der Waals surface area contributed by atoms with Crippen LogP contribution in [0.1, 0.15) is 5.56 Å². The van der Waals surface area contributed by atoms with Crippen LogP contribution in [0.2, 0.25) is 0 Å². The van der Waals surface area contributed by atoms with Crippen LogP contribution in [0.4, 0.5) is 5.69 Å². The average molecular weight is 208 g/mol. The Morgan fingerprint density at radius 1 is 1.06 bits per heavy atom. The Morgan fingerprint density at radius 2 is 1.69 bits per heavy atom. The zero-order valence-corrected chi connectivity index (χ0v) is 8.65.